The minimum Gasteiger partial charge on any atom is -0.486 e. The smallest absolute Gasteiger partial charge is 0.230 e. The number of para-hydroxylation sites is 1. The van der Waals surface area contributed by atoms with Crippen LogP contribution in [0, 0.1) is 0 Å². The van der Waals surface area contributed by atoms with Crippen molar-refractivity contribution in [3.05, 3.63) is 82.9 Å². The van der Waals surface area contributed by atoms with E-state index in [9.17, 15) is 9.59 Å². The average molecular weight is 431 g/mol. The number of rotatable bonds is 7. The van der Waals surface area contributed by atoms with E-state index in [0.29, 0.717) is 22.1 Å². The second kappa shape index (κ2) is 9.10. The summed E-state index contributed by atoms with van der Waals surface area (Å²) in [4.78, 5) is 30.4. The third-order valence-corrected chi connectivity index (χ3v) is 5.96. The first-order valence-corrected chi connectivity index (χ1v) is 10.9. The first-order chi connectivity index (χ1) is 15.1. The molecule has 0 fully saturated rings. The highest BCUT2D eigenvalue weighted by Gasteiger charge is 2.20. The van der Waals surface area contributed by atoms with Crippen molar-refractivity contribution >= 4 is 45.1 Å². The molecule has 0 atom stereocenters. The Morgan fingerprint density at radius 3 is 2.65 bits per heavy atom. The number of thiazole rings is 1. The van der Waals surface area contributed by atoms with Crippen molar-refractivity contribution in [2.75, 3.05) is 4.90 Å². The van der Waals surface area contributed by atoms with Crippen LogP contribution in [0.25, 0.3) is 10.8 Å². The average Bonchev–Trinajstić information content (AvgIpc) is 3.25. The molecule has 3 aromatic carbocycles. The lowest BCUT2D eigenvalue weighted by molar-refractivity contribution is -0.115. The number of amides is 1. The molecule has 0 saturated carbocycles. The third-order valence-electron chi connectivity index (χ3n) is 5.08. The van der Waals surface area contributed by atoms with Crippen LogP contribution in [0.5, 0.6) is 5.75 Å². The molecule has 0 radical (unpaired) electrons. The number of benzene rings is 3. The van der Waals surface area contributed by atoms with Gasteiger partial charge in [-0.3, -0.25) is 14.5 Å². The predicted molar refractivity (Wildman–Crippen MR) is 124 cm³/mol. The van der Waals surface area contributed by atoms with Crippen molar-refractivity contribution < 1.29 is 14.3 Å². The molecule has 31 heavy (non-hydrogen) atoms. The standard InChI is InChI=1S/C25H22N2O3S/c1-3-18-8-5-7-11-23(18)27(17(2)29)25-26-20(16-31-25)15-30-24-13-12-19-9-4-6-10-21(19)22(24)14-28/h4-14,16H,3,15H2,1-2H3. The van der Waals surface area contributed by atoms with Gasteiger partial charge in [0.25, 0.3) is 0 Å². The summed E-state index contributed by atoms with van der Waals surface area (Å²) in [7, 11) is 0. The quantitative estimate of drug-likeness (QED) is 0.341. The summed E-state index contributed by atoms with van der Waals surface area (Å²) in [5, 5.41) is 4.31. The second-order valence-corrected chi connectivity index (χ2v) is 7.90. The molecule has 0 spiro atoms. The highest BCUT2D eigenvalue weighted by molar-refractivity contribution is 7.14. The highest BCUT2D eigenvalue weighted by atomic mass is 32.1. The normalized spacial score (nSPS) is 10.8. The Balaban J connectivity index is 1.59. The zero-order chi connectivity index (χ0) is 21.8. The summed E-state index contributed by atoms with van der Waals surface area (Å²) in [6.07, 6.45) is 1.64. The van der Waals surface area contributed by atoms with E-state index in [4.69, 9.17) is 4.74 Å². The van der Waals surface area contributed by atoms with Crippen LogP contribution in [-0.4, -0.2) is 17.2 Å². The lowest BCUT2D eigenvalue weighted by atomic mass is 10.0. The Bertz CT molecular complexity index is 1250. The summed E-state index contributed by atoms with van der Waals surface area (Å²) in [6, 6.07) is 19.3. The molecule has 156 valence electrons. The van der Waals surface area contributed by atoms with Crippen molar-refractivity contribution in [1.29, 1.82) is 0 Å². The van der Waals surface area contributed by atoms with Crippen molar-refractivity contribution in [3.63, 3.8) is 0 Å². The fraction of sp³-hybridized carbons (Fsp3) is 0.160. The molecule has 6 heteroatoms. The van der Waals surface area contributed by atoms with Crippen LogP contribution >= 0.6 is 11.3 Å². The summed E-state index contributed by atoms with van der Waals surface area (Å²) in [5.41, 5.74) is 3.15. The van der Waals surface area contributed by atoms with Crippen LogP contribution in [0.2, 0.25) is 0 Å². The van der Waals surface area contributed by atoms with Crippen LogP contribution in [0.3, 0.4) is 0 Å². The van der Waals surface area contributed by atoms with Gasteiger partial charge in [0.05, 0.1) is 16.9 Å². The monoisotopic (exact) mass is 430 g/mol. The number of anilines is 2. The van der Waals surface area contributed by atoms with E-state index in [1.165, 1.54) is 18.3 Å². The van der Waals surface area contributed by atoms with Gasteiger partial charge in [0.2, 0.25) is 5.91 Å². The van der Waals surface area contributed by atoms with Gasteiger partial charge in [-0.05, 0) is 34.9 Å². The molecular weight excluding hydrogens is 408 g/mol. The fourth-order valence-corrected chi connectivity index (χ4v) is 4.44. The van der Waals surface area contributed by atoms with Crippen molar-refractivity contribution in [2.24, 2.45) is 0 Å². The molecule has 5 nitrogen and oxygen atoms in total. The predicted octanol–water partition coefficient (Wildman–Crippen LogP) is 5.93. The van der Waals surface area contributed by atoms with Gasteiger partial charge in [0, 0.05) is 12.3 Å². The van der Waals surface area contributed by atoms with Gasteiger partial charge in [-0.25, -0.2) is 4.98 Å². The number of hydrogen-bond acceptors (Lipinski definition) is 5. The zero-order valence-corrected chi connectivity index (χ0v) is 18.2. The zero-order valence-electron chi connectivity index (χ0n) is 17.4. The fourth-order valence-electron chi connectivity index (χ4n) is 3.58. The molecule has 0 bridgehead atoms. The molecule has 4 aromatic rings. The Kier molecular flexibility index (Phi) is 6.09. The Morgan fingerprint density at radius 1 is 1.10 bits per heavy atom. The van der Waals surface area contributed by atoms with Gasteiger partial charge in [-0.2, -0.15) is 0 Å². The number of hydrogen-bond donors (Lipinski definition) is 0. The number of ether oxygens (including phenoxy) is 1. The van der Waals surface area contributed by atoms with Crippen LogP contribution in [0.15, 0.2) is 66.0 Å². The lowest BCUT2D eigenvalue weighted by Crippen LogP contribution is -2.23. The third kappa shape index (κ3) is 4.20. The summed E-state index contributed by atoms with van der Waals surface area (Å²) < 4.78 is 5.94. The number of nitrogens with zero attached hydrogens (tertiary/aromatic N) is 2. The Hall–Kier alpha value is -3.51. The summed E-state index contributed by atoms with van der Waals surface area (Å²) >= 11 is 1.39. The van der Waals surface area contributed by atoms with E-state index in [1.54, 1.807) is 11.0 Å². The first kappa shape index (κ1) is 20.8. The number of aromatic nitrogens is 1. The van der Waals surface area contributed by atoms with E-state index in [-0.39, 0.29) is 12.5 Å². The van der Waals surface area contributed by atoms with Crippen LogP contribution in [-0.2, 0) is 17.8 Å². The van der Waals surface area contributed by atoms with Crippen molar-refractivity contribution in [3.8, 4) is 5.75 Å². The maximum atomic E-state index is 12.4. The maximum absolute atomic E-state index is 12.4. The van der Waals surface area contributed by atoms with Crippen LogP contribution < -0.4 is 9.64 Å². The highest BCUT2D eigenvalue weighted by Crippen LogP contribution is 2.32. The van der Waals surface area contributed by atoms with E-state index in [0.717, 1.165) is 34.7 Å². The number of carbonyl (C=O) groups is 2. The van der Waals surface area contributed by atoms with Gasteiger partial charge in [0.1, 0.15) is 12.4 Å². The number of aldehydes is 1. The molecule has 1 amide bonds. The molecule has 4 rings (SSSR count). The number of carbonyl (C=O) groups excluding carboxylic acids is 2. The molecule has 0 aliphatic rings. The maximum Gasteiger partial charge on any atom is 0.230 e. The van der Waals surface area contributed by atoms with E-state index >= 15 is 0 Å². The van der Waals surface area contributed by atoms with Crippen LogP contribution in [0.4, 0.5) is 10.8 Å². The molecular formula is C25H22N2O3S. The molecule has 0 unspecified atom stereocenters. The van der Waals surface area contributed by atoms with Gasteiger partial charge >= 0.3 is 0 Å². The van der Waals surface area contributed by atoms with E-state index in [1.807, 2.05) is 60.0 Å². The first-order valence-electron chi connectivity index (χ1n) is 10.0. The second-order valence-electron chi connectivity index (χ2n) is 7.06. The largest absolute Gasteiger partial charge is 0.486 e. The van der Waals surface area contributed by atoms with Gasteiger partial charge < -0.3 is 4.74 Å². The topological polar surface area (TPSA) is 59.5 Å². The SMILES string of the molecule is CCc1ccccc1N(C(C)=O)c1nc(COc2ccc3ccccc3c2C=O)cs1. The van der Waals surface area contributed by atoms with Crippen LogP contribution in [0.1, 0.15) is 35.5 Å². The minimum absolute atomic E-state index is 0.0968. The van der Waals surface area contributed by atoms with Gasteiger partial charge in [-0.15, -0.1) is 11.3 Å². The molecule has 0 aliphatic carbocycles. The van der Waals surface area contributed by atoms with Crippen molar-refractivity contribution in [2.45, 2.75) is 26.9 Å². The molecule has 1 heterocycles. The summed E-state index contributed by atoms with van der Waals surface area (Å²) in [5.74, 6) is 0.420. The molecule has 1 aromatic heterocycles. The molecule has 0 N–H and O–H groups in total. The molecule has 0 aliphatic heterocycles. The van der Waals surface area contributed by atoms with Crippen molar-refractivity contribution in [1.82, 2.24) is 4.98 Å². The lowest BCUT2D eigenvalue weighted by Gasteiger charge is -2.21. The Morgan fingerprint density at radius 2 is 1.87 bits per heavy atom. The van der Waals surface area contributed by atoms with Gasteiger partial charge in [-0.1, -0.05) is 55.5 Å². The van der Waals surface area contributed by atoms with E-state index in [2.05, 4.69) is 11.9 Å². The number of fused-ring (bicyclic) bond motifs is 1. The molecule has 0 saturated heterocycles. The minimum atomic E-state index is -0.0968. The Labute approximate surface area is 184 Å². The summed E-state index contributed by atoms with van der Waals surface area (Å²) in [6.45, 7) is 3.80. The van der Waals surface area contributed by atoms with E-state index < -0.39 is 0 Å². The van der Waals surface area contributed by atoms with Gasteiger partial charge in [0.15, 0.2) is 11.4 Å². The number of aryl methyl sites for hydroxylation is 1.